The predicted molar refractivity (Wildman–Crippen MR) is 100 cm³/mol. The van der Waals surface area contributed by atoms with Crippen molar-refractivity contribution in [2.45, 2.75) is 31.9 Å². The molecule has 0 aliphatic carbocycles. The second-order valence-corrected chi connectivity index (χ2v) is 5.65. The Labute approximate surface area is 154 Å². The molecule has 1 saturated heterocycles. The number of halogens is 2. The molecule has 5 nitrogen and oxygen atoms in total. The molecule has 130 valence electrons. The van der Waals surface area contributed by atoms with Crippen LogP contribution in [-0.4, -0.2) is 38.9 Å². The molecule has 1 unspecified atom stereocenters. The average Bonchev–Trinajstić information content (AvgIpc) is 2.94. The van der Waals surface area contributed by atoms with Gasteiger partial charge >= 0.3 is 0 Å². The van der Waals surface area contributed by atoms with Gasteiger partial charge in [-0.25, -0.2) is 4.39 Å². The summed E-state index contributed by atoms with van der Waals surface area (Å²) in [5.41, 5.74) is 0.689. The minimum Gasteiger partial charge on any atom is -0.494 e. The van der Waals surface area contributed by atoms with Crippen LogP contribution in [0.3, 0.4) is 0 Å². The summed E-state index contributed by atoms with van der Waals surface area (Å²) in [6.07, 6.45) is 2.13. The van der Waals surface area contributed by atoms with E-state index in [1.807, 2.05) is 6.07 Å². The van der Waals surface area contributed by atoms with Crippen LogP contribution in [-0.2, 0) is 11.3 Å². The third-order valence-electron chi connectivity index (χ3n) is 3.83. The second kappa shape index (κ2) is 9.27. The smallest absolute Gasteiger partial charge is 0.191 e. The van der Waals surface area contributed by atoms with Crippen molar-refractivity contribution in [1.82, 2.24) is 10.6 Å². The highest BCUT2D eigenvalue weighted by Gasteiger charge is 2.29. The van der Waals surface area contributed by atoms with Crippen molar-refractivity contribution < 1.29 is 13.9 Å². The van der Waals surface area contributed by atoms with Crippen molar-refractivity contribution in [1.29, 1.82) is 0 Å². The molecule has 2 N–H and O–H groups in total. The molecule has 0 radical (unpaired) electrons. The summed E-state index contributed by atoms with van der Waals surface area (Å²) >= 11 is 0. The predicted octanol–water partition coefficient (Wildman–Crippen LogP) is 2.69. The molecular weight excluding hydrogens is 412 g/mol. The Bertz CT molecular complexity index is 534. The Kier molecular flexibility index (Phi) is 8.04. The maximum Gasteiger partial charge on any atom is 0.191 e. The molecule has 0 bridgehead atoms. The Balaban J connectivity index is 0.00000264. The summed E-state index contributed by atoms with van der Waals surface area (Å²) < 4.78 is 24.3. The zero-order valence-electron chi connectivity index (χ0n) is 13.8. The zero-order valence-corrected chi connectivity index (χ0v) is 16.1. The van der Waals surface area contributed by atoms with Gasteiger partial charge in [-0.15, -0.1) is 24.0 Å². The van der Waals surface area contributed by atoms with Gasteiger partial charge < -0.3 is 20.1 Å². The van der Waals surface area contributed by atoms with Crippen LogP contribution in [0.25, 0.3) is 0 Å². The Morgan fingerprint density at radius 3 is 2.78 bits per heavy atom. The highest BCUT2D eigenvalue weighted by atomic mass is 127. The van der Waals surface area contributed by atoms with E-state index in [0.29, 0.717) is 19.0 Å². The highest BCUT2D eigenvalue weighted by Crippen LogP contribution is 2.23. The molecule has 1 aliphatic rings. The first-order chi connectivity index (χ1) is 10.6. The molecule has 1 heterocycles. The number of guanidine groups is 1. The number of aliphatic imine (C=N–C) groups is 1. The van der Waals surface area contributed by atoms with Crippen molar-refractivity contribution >= 4 is 29.9 Å². The van der Waals surface area contributed by atoms with Crippen LogP contribution in [0.2, 0.25) is 0 Å². The third kappa shape index (κ3) is 5.80. The van der Waals surface area contributed by atoms with E-state index < -0.39 is 0 Å². The summed E-state index contributed by atoms with van der Waals surface area (Å²) in [4.78, 5) is 4.17. The van der Waals surface area contributed by atoms with Gasteiger partial charge in [-0.1, -0.05) is 6.07 Å². The van der Waals surface area contributed by atoms with Gasteiger partial charge in [0.15, 0.2) is 17.5 Å². The fraction of sp³-hybridized carbons (Fsp3) is 0.562. The van der Waals surface area contributed by atoms with Crippen LogP contribution in [0, 0.1) is 5.82 Å². The zero-order chi connectivity index (χ0) is 16.0. The Hall–Kier alpha value is -1.09. The third-order valence-corrected chi connectivity index (χ3v) is 3.83. The van der Waals surface area contributed by atoms with E-state index in [-0.39, 0.29) is 41.1 Å². The molecule has 0 aromatic heterocycles. The first-order valence-electron chi connectivity index (χ1n) is 7.47. The van der Waals surface area contributed by atoms with E-state index in [4.69, 9.17) is 9.47 Å². The van der Waals surface area contributed by atoms with Gasteiger partial charge in [-0.05, 0) is 37.5 Å². The Morgan fingerprint density at radius 2 is 2.22 bits per heavy atom. The first kappa shape index (κ1) is 20.0. The van der Waals surface area contributed by atoms with Crippen LogP contribution >= 0.6 is 24.0 Å². The molecule has 7 heteroatoms. The Morgan fingerprint density at radius 1 is 1.43 bits per heavy atom. The minimum absolute atomic E-state index is 0. The largest absolute Gasteiger partial charge is 0.494 e. The van der Waals surface area contributed by atoms with Crippen LogP contribution in [0.5, 0.6) is 5.75 Å². The van der Waals surface area contributed by atoms with Crippen LogP contribution in [0.1, 0.15) is 25.3 Å². The van der Waals surface area contributed by atoms with E-state index >= 15 is 0 Å². The number of hydrogen-bond acceptors (Lipinski definition) is 3. The fourth-order valence-corrected chi connectivity index (χ4v) is 2.47. The van der Waals surface area contributed by atoms with E-state index in [1.54, 1.807) is 13.1 Å². The van der Waals surface area contributed by atoms with Gasteiger partial charge in [0.1, 0.15) is 0 Å². The van der Waals surface area contributed by atoms with Crippen LogP contribution in [0.15, 0.2) is 23.2 Å². The lowest BCUT2D eigenvalue weighted by Gasteiger charge is -2.24. The van der Waals surface area contributed by atoms with Crippen LogP contribution in [0.4, 0.5) is 4.39 Å². The summed E-state index contributed by atoms with van der Waals surface area (Å²) in [5, 5.41) is 6.42. The van der Waals surface area contributed by atoms with E-state index in [0.717, 1.165) is 25.0 Å². The number of benzene rings is 1. The van der Waals surface area contributed by atoms with E-state index in [2.05, 4.69) is 22.5 Å². The van der Waals surface area contributed by atoms with Gasteiger partial charge in [-0.2, -0.15) is 0 Å². The molecule has 1 aromatic carbocycles. The SMILES string of the molecule is CN=C(NCc1ccc(OC)c(F)c1)NCC1(C)CCCO1.I. The van der Waals surface area contributed by atoms with Crippen molar-refractivity contribution in [3.05, 3.63) is 29.6 Å². The number of hydrogen-bond donors (Lipinski definition) is 2. The standard InChI is InChI=1S/C16H24FN3O2.HI/c1-16(7-4-8-22-16)11-20-15(18-2)19-10-12-5-6-14(21-3)13(17)9-12;/h5-6,9H,4,7-8,10-11H2,1-3H3,(H2,18,19,20);1H. The number of rotatable bonds is 5. The van der Waals surface area contributed by atoms with Crippen molar-refractivity contribution in [3.8, 4) is 5.75 Å². The number of nitrogens with zero attached hydrogens (tertiary/aromatic N) is 1. The molecule has 1 aromatic rings. The lowest BCUT2D eigenvalue weighted by Crippen LogP contribution is -2.45. The van der Waals surface area contributed by atoms with Crippen molar-refractivity contribution in [2.24, 2.45) is 4.99 Å². The quantitative estimate of drug-likeness (QED) is 0.423. The van der Waals surface area contributed by atoms with Crippen molar-refractivity contribution in [3.63, 3.8) is 0 Å². The maximum atomic E-state index is 13.6. The lowest BCUT2D eigenvalue weighted by atomic mass is 10.0. The number of nitrogens with one attached hydrogen (secondary N) is 2. The summed E-state index contributed by atoms with van der Waals surface area (Å²) in [6.45, 7) is 4.09. The second-order valence-electron chi connectivity index (χ2n) is 5.65. The summed E-state index contributed by atoms with van der Waals surface area (Å²) in [7, 11) is 3.16. The van der Waals surface area contributed by atoms with Gasteiger partial charge in [0.05, 0.1) is 12.7 Å². The van der Waals surface area contributed by atoms with Gasteiger partial charge in [0.2, 0.25) is 0 Å². The maximum absolute atomic E-state index is 13.6. The van der Waals surface area contributed by atoms with Gasteiger partial charge in [0.25, 0.3) is 0 Å². The van der Waals surface area contributed by atoms with Gasteiger partial charge in [0, 0.05) is 26.7 Å². The highest BCUT2D eigenvalue weighted by molar-refractivity contribution is 14.0. The normalized spacial score (nSPS) is 20.8. The molecule has 23 heavy (non-hydrogen) atoms. The minimum atomic E-state index is -0.364. The summed E-state index contributed by atoms with van der Waals surface area (Å²) in [5.74, 6) is 0.558. The van der Waals surface area contributed by atoms with E-state index in [1.165, 1.54) is 13.2 Å². The number of methoxy groups -OCH3 is 1. The molecule has 0 saturated carbocycles. The molecule has 1 fully saturated rings. The molecule has 1 atom stereocenters. The van der Waals surface area contributed by atoms with Gasteiger partial charge in [-0.3, -0.25) is 4.99 Å². The molecule has 0 amide bonds. The fourth-order valence-electron chi connectivity index (χ4n) is 2.47. The molecule has 2 rings (SSSR count). The first-order valence-corrected chi connectivity index (χ1v) is 7.47. The average molecular weight is 437 g/mol. The van der Waals surface area contributed by atoms with E-state index in [9.17, 15) is 4.39 Å². The van der Waals surface area contributed by atoms with Crippen LogP contribution < -0.4 is 15.4 Å². The molecule has 0 spiro atoms. The lowest BCUT2D eigenvalue weighted by molar-refractivity contribution is 0.0243. The van der Waals surface area contributed by atoms with Crippen molar-refractivity contribution in [2.75, 3.05) is 27.3 Å². The molecule has 1 aliphatic heterocycles. The monoisotopic (exact) mass is 437 g/mol. The number of ether oxygens (including phenoxy) is 2. The topological polar surface area (TPSA) is 54.9 Å². The summed E-state index contributed by atoms with van der Waals surface area (Å²) in [6, 6.07) is 4.90. The molecular formula is C16H25FIN3O2.